The largest absolute Gasteiger partial charge is 0.390 e. The average molecular weight is 184 g/mol. The van der Waals surface area contributed by atoms with Crippen LogP contribution in [0.15, 0.2) is 0 Å². The molecule has 0 aromatic heterocycles. The van der Waals surface area contributed by atoms with E-state index in [9.17, 15) is 5.11 Å². The minimum atomic E-state index is -0.208. The Kier molecular flexibility index (Phi) is 2.89. The van der Waals surface area contributed by atoms with E-state index in [4.69, 9.17) is 4.74 Å². The summed E-state index contributed by atoms with van der Waals surface area (Å²) in [6.07, 6.45) is 7.59. The predicted octanol–water partition coefficient (Wildman–Crippen LogP) is 2.11. The molecule has 0 bridgehead atoms. The summed E-state index contributed by atoms with van der Waals surface area (Å²) < 4.78 is 5.90. The number of aliphatic hydroxyl groups excluding tert-OH is 1. The van der Waals surface area contributed by atoms with E-state index < -0.39 is 0 Å². The average Bonchev–Trinajstić information content (AvgIpc) is 2.71. The Bertz CT molecular complexity index is 163. The molecule has 0 saturated heterocycles. The second-order valence-electron chi connectivity index (χ2n) is 4.63. The molecule has 2 fully saturated rings. The van der Waals surface area contributed by atoms with Crippen molar-refractivity contribution in [2.45, 2.75) is 63.8 Å². The van der Waals surface area contributed by atoms with Gasteiger partial charge in [0, 0.05) is 0 Å². The molecular weight excluding hydrogens is 164 g/mol. The smallest absolute Gasteiger partial charge is 0.0840 e. The van der Waals surface area contributed by atoms with E-state index >= 15 is 0 Å². The highest BCUT2D eigenvalue weighted by Crippen LogP contribution is 2.31. The third kappa shape index (κ3) is 2.05. The lowest BCUT2D eigenvalue weighted by molar-refractivity contribution is -0.0668. The highest BCUT2D eigenvalue weighted by molar-refractivity contribution is 4.84. The Hall–Kier alpha value is -0.0800. The third-order valence-corrected chi connectivity index (χ3v) is 3.54. The molecule has 76 valence electrons. The highest BCUT2D eigenvalue weighted by atomic mass is 16.5. The monoisotopic (exact) mass is 184 g/mol. The lowest BCUT2D eigenvalue weighted by Crippen LogP contribution is -2.29. The normalized spacial score (nSPS) is 41.5. The van der Waals surface area contributed by atoms with E-state index in [2.05, 4.69) is 6.92 Å². The Balaban J connectivity index is 1.81. The van der Waals surface area contributed by atoms with Crippen molar-refractivity contribution in [2.75, 3.05) is 0 Å². The predicted molar refractivity (Wildman–Crippen MR) is 51.5 cm³/mol. The molecule has 1 N–H and O–H groups in total. The maximum atomic E-state index is 9.79. The van der Waals surface area contributed by atoms with E-state index in [1.54, 1.807) is 0 Å². The fourth-order valence-corrected chi connectivity index (χ4v) is 2.56. The van der Waals surface area contributed by atoms with Crippen molar-refractivity contribution >= 4 is 0 Å². The number of ether oxygens (including phenoxy) is 1. The number of hydrogen-bond acceptors (Lipinski definition) is 2. The molecule has 0 aliphatic heterocycles. The van der Waals surface area contributed by atoms with Crippen LogP contribution >= 0.6 is 0 Å². The molecule has 2 heteroatoms. The standard InChI is InChI=1S/C11H20O2/c1-8-6-7-10(11(8)12)13-9-4-2-3-5-9/h8-12H,2-7H2,1H3. The summed E-state index contributed by atoms with van der Waals surface area (Å²) >= 11 is 0. The van der Waals surface area contributed by atoms with Crippen LogP contribution in [0.5, 0.6) is 0 Å². The minimum absolute atomic E-state index is 0.137. The van der Waals surface area contributed by atoms with Gasteiger partial charge in [-0.15, -0.1) is 0 Å². The molecule has 3 unspecified atom stereocenters. The van der Waals surface area contributed by atoms with Gasteiger partial charge in [0.15, 0.2) is 0 Å². The molecule has 3 atom stereocenters. The summed E-state index contributed by atoms with van der Waals surface area (Å²) in [5.41, 5.74) is 0. The van der Waals surface area contributed by atoms with Gasteiger partial charge in [-0.05, 0) is 31.6 Å². The molecule has 0 amide bonds. The van der Waals surface area contributed by atoms with Crippen LogP contribution in [0.25, 0.3) is 0 Å². The van der Waals surface area contributed by atoms with Crippen LogP contribution < -0.4 is 0 Å². The molecule has 2 rings (SSSR count). The third-order valence-electron chi connectivity index (χ3n) is 3.54. The van der Waals surface area contributed by atoms with Crippen LogP contribution in [0, 0.1) is 5.92 Å². The minimum Gasteiger partial charge on any atom is -0.390 e. The SMILES string of the molecule is CC1CCC(OC2CCCC2)C1O. The van der Waals surface area contributed by atoms with E-state index in [0.717, 1.165) is 12.8 Å². The van der Waals surface area contributed by atoms with Crippen molar-refractivity contribution in [3.8, 4) is 0 Å². The Morgan fingerprint density at radius 2 is 1.77 bits per heavy atom. The van der Waals surface area contributed by atoms with Gasteiger partial charge >= 0.3 is 0 Å². The molecule has 13 heavy (non-hydrogen) atoms. The molecule has 0 heterocycles. The van der Waals surface area contributed by atoms with Crippen LogP contribution in [0.2, 0.25) is 0 Å². The maximum Gasteiger partial charge on any atom is 0.0840 e. The molecule has 2 aliphatic carbocycles. The Labute approximate surface area is 80.3 Å². The zero-order chi connectivity index (χ0) is 9.26. The summed E-state index contributed by atoms with van der Waals surface area (Å²) in [5, 5.41) is 9.79. The van der Waals surface area contributed by atoms with Gasteiger partial charge in [-0.3, -0.25) is 0 Å². The molecule has 0 aromatic carbocycles. The van der Waals surface area contributed by atoms with Gasteiger partial charge in [0.1, 0.15) is 0 Å². The van der Waals surface area contributed by atoms with Crippen molar-refractivity contribution < 1.29 is 9.84 Å². The van der Waals surface area contributed by atoms with Gasteiger partial charge in [-0.25, -0.2) is 0 Å². The fraction of sp³-hybridized carbons (Fsp3) is 1.00. The molecule has 0 aromatic rings. The second kappa shape index (κ2) is 3.97. The van der Waals surface area contributed by atoms with Crippen LogP contribution in [0.4, 0.5) is 0 Å². The molecule has 0 spiro atoms. The van der Waals surface area contributed by atoms with Gasteiger partial charge < -0.3 is 9.84 Å². The van der Waals surface area contributed by atoms with E-state index in [0.29, 0.717) is 12.0 Å². The first-order chi connectivity index (χ1) is 6.27. The zero-order valence-electron chi connectivity index (χ0n) is 8.41. The van der Waals surface area contributed by atoms with Gasteiger partial charge in [0.05, 0.1) is 18.3 Å². The van der Waals surface area contributed by atoms with Gasteiger partial charge in [-0.2, -0.15) is 0 Å². The van der Waals surface area contributed by atoms with Crippen LogP contribution in [0.1, 0.15) is 45.4 Å². The van der Waals surface area contributed by atoms with Crippen LogP contribution in [-0.4, -0.2) is 23.4 Å². The lowest BCUT2D eigenvalue weighted by Gasteiger charge is -2.21. The molecular formula is C11H20O2. The van der Waals surface area contributed by atoms with Crippen molar-refractivity contribution in [3.63, 3.8) is 0 Å². The second-order valence-corrected chi connectivity index (χ2v) is 4.63. The van der Waals surface area contributed by atoms with E-state index in [-0.39, 0.29) is 12.2 Å². The van der Waals surface area contributed by atoms with Crippen molar-refractivity contribution in [3.05, 3.63) is 0 Å². The summed E-state index contributed by atoms with van der Waals surface area (Å²) in [6, 6.07) is 0. The Morgan fingerprint density at radius 1 is 1.08 bits per heavy atom. The van der Waals surface area contributed by atoms with Crippen molar-refractivity contribution in [2.24, 2.45) is 5.92 Å². The zero-order valence-corrected chi connectivity index (χ0v) is 8.41. The summed E-state index contributed by atoms with van der Waals surface area (Å²) in [5.74, 6) is 0.436. The number of aliphatic hydroxyl groups is 1. The molecule has 2 nitrogen and oxygen atoms in total. The van der Waals surface area contributed by atoms with Gasteiger partial charge in [-0.1, -0.05) is 19.8 Å². The molecule has 2 saturated carbocycles. The number of rotatable bonds is 2. The van der Waals surface area contributed by atoms with Crippen LogP contribution in [0.3, 0.4) is 0 Å². The Morgan fingerprint density at radius 3 is 2.31 bits per heavy atom. The maximum absolute atomic E-state index is 9.79. The molecule has 0 radical (unpaired) electrons. The summed E-state index contributed by atoms with van der Waals surface area (Å²) in [4.78, 5) is 0. The summed E-state index contributed by atoms with van der Waals surface area (Å²) in [6.45, 7) is 2.11. The first-order valence-electron chi connectivity index (χ1n) is 5.61. The van der Waals surface area contributed by atoms with Gasteiger partial charge in [0.25, 0.3) is 0 Å². The first-order valence-corrected chi connectivity index (χ1v) is 5.61. The highest BCUT2D eigenvalue weighted by Gasteiger charge is 2.34. The fourth-order valence-electron chi connectivity index (χ4n) is 2.56. The van der Waals surface area contributed by atoms with E-state index in [1.807, 2.05) is 0 Å². The van der Waals surface area contributed by atoms with Crippen LogP contribution in [-0.2, 0) is 4.74 Å². The lowest BCUT2D eigenvalue weighted by atomic mass is 10.1. The van der Waals surface area contributed by atoms with Gasteiger partial charge in [0.2, 0.25) is 0 Å². The first kappa shape index (κ1) is 9.47. The van der Waals surface area contributed by atoms with Crippen molar-refractivity contribution in [1.82, 2.24) is 0 Å². The number of hydrogen-bond donors (Lipinski definition) is 1. The topological polar surface area (TPSA) is 29.5 Å². The van der Waals surface area contributed by atoms with Crippen molar-refractivity contribution in [1.29, 1.82) is 0 Å². The van der Waals surface area contributed by atoms with E-state index in [1.165, 1.54) is 25.7 Å². The molecule has 2 aliphatic rings. The summed E-state index contributed by atoms with van der Waals surface area (Å²) in [7, 11) is 0. The quantitative estimate of drug-likeness (QED) is 0.712.